The molecule has 0 aliphatic rings. The second kappa shape index (κ2) is 7.15. The van der Waals surface area contributed by atoms with Crippen LogP contribution in [0.1, 0.15) is 26.3 Å². The minimum absolute atomic E-state index is 0.165. The number of hydrogen-bond donors (Lipinski definition) is 2. The standard InChI is InChI=1S/C18H22N2O3S/c1-14(21)19-16-9-11-17(12-10-16)24(22,23)20-18(2,3)13-15-7-5-4-6-8-15/h4-12,20H,13H2,1-3H3,(H,19,21). The molecule has 0 aliphatic carbocycles. The first kappa shape index (κ1) is 18.2. The van der Waals surface area contributed by atoms with Gasteiger partial charge in [0.1, 0.15) is 0 Å². The highest BCUT2D eigenvalue weighted by Crippen LogP contribution is 2.19. The molecule has 2 rings (SSSR count). The molecule has 24 heavy (non-hydrogen) atoms. The molecule has 2 N–H and O–H groups in total. The molecule has 2 aromatic rings. The van der Waals surface area contributed by atoms with E-state index in [9.17, 15) is 13.2 Å². The van der Waals surface area contributed by atoms with Crippen molar-refractivity contribution in [3.63, 3.8) is 0 Å². The van der Waals surface area contributed by atoms with Crippen LogP contribution in [0, 0.1) is 0 Å². The summed E-state index contributed by atoms with van der Waals surface area (Å²) in [7, 11) is -3.65. The van der Waals surface area contributed by atoms with Gasteiger partial charge in [0.05, 0.1) is 4.90 Å². The van der Waals surface area contributed by atoms with Crippen molar-refractivity contribution in [2.75, 3.05) is 5.32 Å². The second-order valence-electron chi connectivity index (χ2n) is 6.36. The number of carbonyl (C=O) groups is 1. The Bertz CT molecular complexity index is 798. The zero-order valence-corrected chi connectivity index (χ0v) is 14.9. The van der Waals surface area contributed by atoms with Gasteiger partial charge < -0.3 is 5.32 Å². The average Bonchev–Trinajstić information content (AvgIpc) is 2.46. The summed E-state index contributed by atoms with van der Waals surface area (Å²) in [5.41, 5.74) is 0.993. The Morgan fingerprint density at radius 3 is 2.12 bits per heavy atom. The van der Waals surface area contributed by atoms with Gasteiger partial charge in [-0.25, -0.2) is 13.1 Å². The van der Waals surface area contributed by atoms with Crippen LogP contribution in [0.5, 0.6) is 0 Å². The summed E-state index contributed by atoms with van der Waals surface area (Å²) in [5.74, 6) is -0.201. The van der Waals surface area contributed by atoms with Crippen LogP contribution in [-0.2, 0) is 21.2 Å². The fourth-order valence-corrected chi connectivity index (χ4v) is 3.90. The van der Waals surface area contributed by atoms with Gasteiger partial charge in [0, 0.05) is 18.2 Å². The maximum absolute atomic E-state index is 12.6. The molecule has 0 aromatic heterocycles. The molecule has 0 unspecified atom stereocenters. The number of nitrogens with one attached hydrogen (secondary N) is 2. The van der Waals surface area contributed by atoms with Crippen LogP contribution < -0.4 is 10.0 Å². The highest BCUT2D eigenvalue weighted by molar-refractivity contribution is 7.89. The molecule has 0 saturated carbocycles. The summed E-state index contributed by atoms with van der Waals surface area (Å²) in [6.45, 7) is 5.10. The van der Waals surface area contributed by atoms with Crippen LogP contribution in [-0.4, -0.2) is 19.9 Å². The number of benzene rings is 2. The summed E-state index contributed by atoms with van der Waals surface area (Å²) in [6.07, 6.45) is 0.580. The largest absolute Gasteiger partial charge is 0.326 e. The molecule has 0 spiro atoms. The SMILES string of the molecule is CC(=O)Nc1ccc(S(=O)(=O)NC(C)(C)Cc2ccccc2)cc1. The van der Waals surface area contributed by atoms with Crippen molar-refractivity contribution in [2.45, 2.75) is 37.6 Å². The Hall–Kier alpha value is -2.18. The third kappa shape index (κ3) is 5.18. The van der Waals surface area contributed by atoms with Crippen LogP contribution in [0.4, 0.5) is 5.69 Å². The van der Waals surface area contributed by atoms with Crippen LogP contribution in [0.2, 0.25) is 0 Å². The van der Waals surface area contributed by atoms with Gasteiger partial charge >= 0.3 is 0 Å². The first-order chi connectivity index (χ1) is 11.2. The zero-order valence-electron chi connectivity index (χ0n) is 14.0. The van der Waals surface area contributed by atoms with Gasteiger partial charge in [0.2, 0.25) is 15.9 Å². The summed E-state index contributed by atoms with van der Waals surface area (Å²) in [5, 5.41) is 2.61. The van der Waals surface area contributed by atoms with Crippen molar-refractivity contribution in [3.8, 4) is 0 Å². The maximum atomic E-state index is 12.6. The van der Waals surface area contributed by atoms with Crippen molar-refractivity contribution in [3.05, 3.63) is 60.2 Å². The van der Waals surface area contributed by atoms with E-state index in [1.807, 2.05) is 44.2 Å². The molecule has 1 amide bonds. The lowest BCUT2D eigenvalue weighted by Crippen LogP contribution is -2.44. The van der Waals surface area contributed by atoms with E-state index < -0.39 is 15.6 Å². The molecular formula is C18H22N2O3S. The fraction of sp³-hybridized carbons (Fsp3) is 0.278. The molecular weight excluding hydrogens is 324 g/mol. The van der Waals surface area contributed by atoms with Crippen LogP contribution in [0.15, 0.2) is 59.5 Å². The number of hydrogen-bond acceptors (Lipinski definition) is 3. The lowest BCUT2D eigenvalue weighted by Gasteiger charge is -2.26. The Morgan fingerprint density at radius 2 is 1.58 bits per heavy atom. The van der Waals surface area contributed by atoms with Gasteiger partial charge in [0.15, 0.2) is 0 Å². The third-order valence-electron chi connectivity index (χ3n) is 3.38. The summed E-state index contributed by atoms with van der Waals surface area (Å²) < 4.78 is 27.9. The molecule has 128 valence electrons. The number of sulfonamides is 1. The van der Waals surface area contributed by atoms with E-state index in [2.05, 4.69) is 10.0 Å². The van der Waals surface area contributed by atoms with Gasteiger partial charge in [-0.3, -0.25) is 4.79 Å². The molecule has 0 atom stereocenters. The van der Waals surface area contributed by atoms with Gasteiger partial charge in [-0.1, -0.05) is 30.3 Å². The summed E-state index contributed by atoms with van der Waals surface area (Å²) >= 11 is 0. The van der Waals surface area contributed by atoms with Crippen molar-refractivity contribution < 1.29 is 13.2 Å². The monoisotopic (exact) mass is 346 g/mol. The van der Waals surface area contributed by atoms with E-state index in [1.165, 1.54) is 19.1 Å². The number of rotatable bonds is 6. The fourth-order valence-electron chi connectivity index (χ4n) is 2.49. The highest BCUT2D eigenvalue weighted by atomic mass is 32.2. The van der Waals surface area contributed by atoms with Gasteiger partial charge in [-0.05, 0) is 50.1 Å². The predicted molar refractivity (Wildman–Crippen MR) is 95.3 cm³/mol. The normalized spacial score (nSPS) is 12.0. The lowest BCUT2D eigenvalue weighted by molar-refractivity contribution is -0.114. The van der Waals surface area contributed by atoms with Crippen molar-refractivity contribution in [2.24, 2.45) is 0 Å². The Kier molecular flexibility index (Phi) is 5.41. The quantitative estimate of drug-likeness (QED) is 0.844. The van der Waals surface area contributed by atoms with Crippen molar-refractivity contribution >= 4 is 21.6 Å². The average molecular weight is 346 g/mol. The maximum Gasteiger partial charge on any atom is 0.241 e. The smallest absolute Gasteiger partial charge is 0.241 e. The highest BCUT2D eigenvalue weighted by Gasteiger charge is 2.26. The minimum atomic E-state index is -3.65. The summed E-state index contributed by atoms with van der Waals surface area (Å²) in [6, 6.07) is 15.8. The van der Waals surface area contributed by atoms with E-state index in [0.29, 0.717) is 12.1 Å². The molecule has 0 bridgehead atoms. The molecule has 2 aromatic carbocycles. The number of anilines is 1. The van der Waals surface area contributed by atoms with E-state index in [0.717, 1.165) is 5.56 Å². The molecule has 0 heterocycles. The molecule has 5 nitrogen and oxygen atoms in total. The van der Waals surface area contributed by atoms with Gasteiger partial charge in [-0.2, -0.15) is 0 Å². The molecule has 0 saturated heterocycles. The van der Waals surface area contributed by atoms with E-state index >= 15 is 0 Å². The Balaban J connectivity index is 2.13. The lowest BCUT2D eigenvalue weighted by atomic mass is 9.96. The van der Waals surface area contributed by atoms with E-state index in [4.69, 9.17) is 0 Å². The summed E-state index contributed by atoms with van der Waals surface area (Å²) in [4.78, 5) is 11.2. The molecule has 0 fully saturated rings. The second-order valence-corrected chi connectivity index (χ2v) is 8.04. The van der Waals surface area contributed by atoms with Crippen molar-refractivity contribution in [1.29, 1.82) is 0 Å². The molecule has 0 radical (unpaired) electrons. The Labute approximate surface area is 143 Å². The van der Waals surface area contributed by atoms with E-state index in [-0.39, 0.29) is 10.8 Å². The van der Waals surface area contributed by atoms with Crippen LogP contribution in [0.25, 0.3) is 0 Å². The topological polar surface area (TPSA) is 75.3 Å². The minimum Gasteiger partial charge on any atom is -0.326 e. The van der Waals surface area contributed by atoms with Crippen molar-refractivity contribution in [1.82, 2.24) is 4.72 Å². The van der Waals surface area contributed by atoms with Gasteiger partial charge in [-0.15, -0.1) is 0 Å². The predicted octanol–water partition coefficient (Wildman–Crippen LogP) is 2.94. The van der Waals surface area contributed by atoms with Crippen LogP contribution >= 0.6 is 0 Å². The molecule has 6 heteroatoms. The molecule has 0 aliphatic heterocycles. The first-order valence-corrected chi connectivity index (χ1v) is 9.12. The number of carbonyl (C=O) groups excluding carboxylic acids is 1. The number of amides is 1. The Morgan fingerprint density at radius 1 is 1.00 bits per heavy atom. The van der Waals surface area contributed by atoms with Crippen LogP contribution in [0.3, 0.4) is 0 Å². The first-order valence-electron chi connectivity index (χ1n) is 7.63. The van der Waals surface area contributed by atoms with Gasteiger partial charge in [0.25, 0.3) is 0 Å². The third-order valence-corrected chi connectivity index (χ3v) is 5.10. The zero-order chi connectivity index (χ0) is 17.8. The van der Waals surface area contributed by atoms with E-state index in [1.54, 1.807) is 12.1 Å².